The molecule has 2 atom stereocenters. The number of hydrogen-bond acceptors (Lipinski definition) is 5. The van der Waals surface area contributed by atoms with Crippen molar-refractivity contribution in [2.24, 2.45) is 5.92 Å². The minimum absolute atomic E-state index is 0.0512. The lowest BCUT2D eigenvalue weighted by atomic mass is 10.1. The van der Waals surface area contributed by atoms with Crippen molar-refractivity contribution < 1.29 is 23.5 Å². The summed E-state index contributed by atoms with van der Waals surface area (Å²) in [6, 6.07) is 6.68. The number of hydrogen-bond donors (Lipinski definition) is 0. The molecule has 0 aliphatic carbocycles. The molecule has 2 amide bonds. The van der Waals surface area contributed by atoms with E-state index in [4.69, 9.17) is 9.47 Å². The van der Waals surface area contributed by atoms with Crippen molar-refractivity contribution in [3.8, 4) is 0 Å². The Labute approximate surface area is 157 Å². The molecule has 0 radical (unpaired) electrons. The number of fused-ring (bicyclic) bond motifs is 3. The number of cyclic esters (lactones) is 1. The molecule has 0 aromatic heterocycles. The van der Waals surface area contributed by atoms with Gasteiger partial charge in [0.15, 0.2) is 0 Å². The Hall–Kier alpha value is -2.19. The van der Waals surface area contributed by atoms with Crippen LogP contribution in [0.5, 0.6) is 0 Å². The zero-order valence-electron chi connectivity index (χ0n) is 15.2. The Morgan fingerprint density at radius 2 is 2.11 bits per heavy atom. The standard InChI is InChI=1S/C19H24FN3O4/c20-16-3-1-2-14(6-16)7-22-8-15-9-23(10-17(22)13-26-12-15)18(24)11-21-4-5-27-19(21)25/h1-3,6,15,17H,4-5,7-13H2/t15-,17+/m1/s1. The Bertz CT molecular complexity index is 716. The molecule has 0 saturated carbocycles. The molecule has 3 heterocycles. The first-order chi connectivity index (χ1) is 13.1. The minimum atomic E-state index is -0.422. The van der Waals surface area contributed by atoms with Gasteiger partial charge in [0.1, 0.15) is 19.0 Å². The SMILES string of the molecule is O=C(CN1CCOC1=O)N1C[C@@H]2COC[C@H](C1)N(Cc1cccc(F)c1)C2. The van der Waals surface area contributed by atoms with Crippen molar-refractivity contribution in [1.82, 2.24) is 14.7 Å². The third-order valence-electron chi connectivity index (χ3n) is 5.38. The summed E-state index contributed by atoms with van der Waals surface area (Å²) in [5.41, 5.74) is 0.917. The molecule has 3 saturated heterocycles. The van der Waals surface area contributed by atoms with Gasteiger partial charge in [-0.1, -0.05) is 12.1 Å². The lowest BCUT2D eigenvalue weighted by Gasteiger charge is -2.32. The number of halogens is 1. The van der Waals surface area contributed by atoms with Crippen molar-refractivity contribution in [1.29, 1.82) is 0 Å². The largest absolute Gasteiger partial charge is 0.448 e. The molecule has 3 aliphatic heterocycles. The predicted octanol–water partition coefficient (Wildman–Crippen LogP) is 0.937. The van der Waals surface area contributed by atoms with Gasteiger partial charge in [0.2, 0.25) is 5.91 Å². The maximum atomic E-state index is 13.5. The van der Waals surface area contributed by atoms with Crippen molar-refractivity contribution in [3.63, 3.8) is 0 Å². The lowest BCUT2D eigenvalue weighted by molar-refractivity contribution is -0.133. The van der Waals surface area contributed by atoms with Gasteiger partial charge in [-0.2, -0.15) is 0 Å². The highest BCUT2D eigenvalue weighted by molar-refractivity contribution is 5.83. The molecule has 3 fully saturated rings. The summed E-state index contributed by atoms with van der Waals surface area (Å²) >= 11 is 0. The Kier molecular flexibility index (Phi) is 5.27. The van der Waals surface area contributed by atoms with Crippen LogP contribution < -0.4 is 0 Å². The van der Waals surface area contributed by atoms with Crippen LogP contribution in [-0.4, -0.2) is 85.3 Å². The van der Waals surface area contributed by atoms with E-state index in [2.05, 4.69) is 4.90 Å². The van der Waals surface area contributed by atoms with Gasteiger partial charge in [-0.05, 0) is 17.7 Å². The van der Waals surface area contributed by atoms with Gasteiger partial charge in [-0.15, -0.1) is 0 Å². The third-order valence-corrected chi connectivity index (χ3v) is 5.38. The van der Waals surface area contributed by atoms with Crippen molar-refractivity contribution in [2.75, 3.05) is 52.5 Å². The van der Waals surface area contributed by atoms with E-state index in [-0.39, 0.29) is 30.2 Å². The number of nitrogens with zero attached hydrogens (tertiary/aromatic N) is 3. The monoisotopic (exact) mass is 377 g/mol. The van der Waals surface area contributed by atoms with Crippen LogP contribution in [0.4, 0.5) is 9.18 Å². The van der Waals surface area contributed by atoms with Gasteiger partial charge in [-0.25, -0.2) is 9.18 Å². The number of ether oxygens (including phenoxy) is 2. The molecular weight excluding hydrogens is 353 g/mol. The molecule has 4 rings (SSSR count). The van der Waals surface area contributed by atoms with Crippen molar-refractivity contribution in [2.45, 2.75) is 12.6 Å². The molecule has 1 aromatic carbocycles. The fourth-order valence-electron chi connectivity index (χ4n) is 4.03. The predicted molar refractivity (Wildman–Crippen MR) is 94.4 cm³/mol. The summed E-state index contributed by atoms with van der Waals surface area (Å²) in [5.74, 6) is -0.102. The van der Waals surface area contributed by atoms with E-state index >= 15 is 0 Å². The highest BCUT2D eigenvalue weighted by atomic mass is 19.1. The van der Waals surface area contributed by atoms with Crippen LogP contribution in [0.1, 0.15) is 5.56 Å². The van der Waals surface area contributed by atoms with E-state index in [1.807, 2.05) is 11.0 Å². The van der Waals surface area contributed by atoms with Gasteiger partial charge >= 0.3 is 6.09 Å². The molecule has 7 nitrogen and oxygen atoms in total. The van der Waals surface area contributed by atoms with E-state index in [0.717, 1.165) is 12.1 Å². The van der Waals surface area contributed by atoms with E-state index in [9.17, 15) is 14.0 Å². The summed E-state index contributed by atoms with van der Waals surface area (Å²) in [4.78, 5) is 29.9. The second kappa shape index (κ2) is 7.82. The molecule has 0 unspecified atom stereocenters. The third kappa shape index (κ3) is 4.22. The molecular formula is C19H24FN3O4. The van der Waals surface area contributed by atoms with Crippen LogP contribution in [-0.2, 0) is 20.8 Å². The molecule has 8 heteroatoms. The van der Waals surface area contributed by atoms with Crippen molar-refractivity contribution >= 4 is 12.0 Å². The molecule has 0 spiro atoms. The second-order valence-electron chi connectivity index (χ2n) is 7.45. The maximum Gasteiger partial charge on any atom is 0.410 e. The molecule has 146 valence electrons. The zero-order valence-corrected chi connectivity index (χ0v) is 15.2. The number of amides is 2. The van der Waals surface area contributed by atoms with Gasteiger partial charge in [0, 0.05) is 32.1 Å². The maximum absolute atomic E-state index is 13.5. The number of carbonyl (C=O) groups excluding carboxylic acids is 2. The van der Waals surface area contributed by atoms with Gasteiger partial charge < -0.3 is 14.4 Å². The summed E-state index contributed by atoms with van der Waals surface area (Å²) in [6.07, 6.45) is -0.422. The van der Waals surface area contributed by atoms with Crippen molar-refractivity contribution in [3.05, 3.63) is 35.6 Å². The normalized spacial score (nSPS) is 26.0. The van der Waals surface area contributed by atoms with Gasteiger partial charge in [0.25, 0.3) is 0 Å². The number of rotatable bonds is 4. The van der Waals surface area contributed by atoms with Crippen LogP contribution in [0.2, 0.25) is 0 Å². The summed E-state index contributed by atoms with van der Waals surface area (Å²) in [5, 5.41) is 0. The fourth-order valence-corrected chi connectivity index (χ4v) is 4.03. The quantitative estimate of drug-likeness (QED) is 0.782. The van der Waals surface area contributed by atoms with E-state index < -0.39 is 6.09 Å². The summed E-state index contributed by atoms with van der Waals surface area (Å²) in [7, 11) is 0. The van der Waals surface area contributed by atoms with E-state index in [0.29, 0.717) is 46.0 Å². The van der Waals surface area contributed by atoms with Crippen LogP contribution in [0.15, 0.2) is 24.3 Å². The first-order valence-electron chi connectivity index (χ1n) is 9.34. The first-order valence-corrected chi connectivity index (χ1v) is 9.34. The minimum Gasteiger partial charge on any atom is -0.448 e. The van der Waals surface area contributed by atoms with E-state index in [1.165, 1.54) is 11.0 Å². The summed E-state index contributed by atoms with van der Waals surface area (Å²) in [6.45, 7) is 4.59. The lowest BCUT2D eigenvalue weighted by Crippen LogP contribution is -2.48. The van der Waals surface area contributed by atoms with Crippen LogP contribution in [0.3, 0.4) is 0 Å². The molecule has 3 aliphatic rings. The topological polar surface area (TPSA) is 62.3 Å². The fraction of sp³-hybridized carbons (Fsp3) is 0.579. The molecule has 27 heavy (non-hydrogen) atoms. The highest BCUT2D eigenvalue weighted by Crippen LogP contribution is 2.22. The highest BCUT2D eigenvalue weighted by Gasteiger charge is 2.36. The average Bonchev–Trinajstić information content (AvgIpc) is 2.83. The first kappa shape index (κ1) is 18.2. The smallest absolute Gasteiger partial charge is 0.410 e. The van der Waals surface area contributed by atoms with Crippen LogP contribution in [0.25, 0.3) is 0 Å². The van der Waals surface area contributed by atoms with Crippen LogP contribution >= 0.6 is 0 Å². The second-order valence-corrected chi connectivity index (χ2v) is 7.45. The molecule has 2 bridgehead atoms. The van der Waals surface area contributed by atoms with Gasteiger partial charge in [-0.3, -0.25) is 14.6 Å². The average molecular weight is 377 g/mol. The number of benzene rings is 1. The van der Waals surface area contributed by atoms with E-state index in [1.54, 1.807) is 12.1 Å². The molecule has 1 aromatic rings. The number of carbonyl (C=O) groups is 2. The summed E-state index contributed by atoms with van der Waals surface area (Å²) < 4.78 is 24.2. The van der Waals surface area contributed by atoms with Crippen LogP contribution in [0, 0.1) is 11.7 Å². The Morgan fingerprint density at radius 3 is 2.89 bits per heavy atom. The zero-order chi connectivity index (χ0) is 18.8. The molecule has 0 N–H and O–H groups in total. The Morgan fingerprint density at radius 1 is 1.22 bits per heavy atom. The Balaban J connectivity index is 1.44. The van der Waals surface area contributed by atoms with Gasteiger partial charge in [0.05, 0.1) is 25.8 Å².